The number of pyridine rings is 1. The van der Waals surface area contributed by atoms with E-state index in [0.717, 1.165) is 5.52 Å². The fourth-order valence-corrected chi connectivity index (χ4v) is 4.17. The summed E-state index contributed by atoms with van der Waals surface area (Å²) >= 11 is 0. The highest BCUT2D eigenvalue weighted by Gasteiger charge is 2.12. The predicted molar refractivity (Wildman–Crippen MR) is 103 cm³/mol. The van der Waals surface area contributed by atoms with Crippen LogP contribution in [0.2, 0.25) is 0 Å². The Bertz CT molecular complexity index is 1350. The molecule has 0 fully saturated rings. The van der Waals surface area contributed by atoms with Crippen molar-refractivity contribution in [3.63, 3.8) is 0 Å². The molecule has 1 aromatic heterocycles. The predicted octanol–water partition coefficient (Wildman–Crippen LogP) is 6.29. The van der Waals surface area contributed by atoms with Crippen molar-refractivity contribution in [2.75, 3.05) is 0 Å². The van der Waals surface area contributed by atoms with Gasteiger partial charge in [0.05, 0.1) is 5.52 Å². The van der Waals surface area contributed by atoms with Crippen molar-refractivity contribution in [2.45, 2.75) is 0 Å². The highest BCUT2D eigenvalue weighted by molar-refractivity contribution is 6.32. The smallest absolute Gasteiger partial charge is 0.0708 e. The molecule has 110 valence electrons. The average molecular weight is 303 g/mol. The maximum atomic E-state index is 4.65. The minimum Gasteiger partial charge on any atom is -0.256 e. The van der Waals surface area contributed by atoms with E-state index in [1.54, 1.807) is 0 Å². The fraction of sp³-hybridized carbons (Fsp3) is 0. The fourth-order valence-electron chi connectivity index (χ4n) is 4.17. The maximum absolute atomic E-state index is 4.65. The summed E-state index contributed by atoms with van der Waals surface area (Å²) in [6.45, 7) is 0. The molecule has 0 spiro atoms. The molecule has 5 aromatic carbocycles. The number of hydrogen-bond donors (Lipinski definition) is 0. The summed E-state index contributed by atoms with van der Waals surface area (Å²) in [7, 11) is 0. The van der Waals surface area contributed by atoms with Gasteiger partial charge in [-0.1, -0.05) is 60.7 Å². The molecule has 0 N–H and O–H groups in total. The number of benzene rings is 5. The van der Waals surface area contributed by atoms with Gasteiger partial charge < -0.3 is 0 Å². The van der Waals surface area contributed by atoms with Crippen LogP contribution < -0.4 is 0 Å². The minimum atomic E-state index is 1.06. The molecule has 1 nitrogen and oxygen atoms in total. The first-order valence-electron chi connectivity index (χ1n) is 8.24. The van der Waals surface area contributed by atoms with Gasteiger partial charge in [-0.2, -0.15) is 0 Å². The summed E-state index contributed by atoms with van der Waals surface area (Å²) in [5.41, 5.74) is 1.06. The summed E-state index contributed by atoms with van der Waals surface area (Å²) in [4.78, 5) is 4.65. The molecule has 0 atom stereocenters. The van der Waals surface area contributed by atoms with Crippen molar-refractivity contribution in [1.29, 1.82) is 0 Å². The zero-order valence-electron chi connectivity index (χ0n) is 13.0. The monoisotopic (exact) mass is 303 g/mol. The van der Waals surface area contributed by atoms with E-state index in [1.807, 2.05) is 6.20 Å². The normalized spacial score (nSPS) is 12.2. The van der Waals surface area contributed by atoms with Gasteiger partial charge >= 0.3 is 0 Å². The standard InChI is InChI=1S/C23H13N/c1-2-7-20-18(6-1)22-17(13-24-20)12-16-9-8-14-4-3-5-15-10-11-19(22)23(16)21(14)15/h1-13H. The highest BCUT2D eigenvalue weighted by Crippen LogP contribution is 2.40. The number of fused-ring (bicyclic) bond motifs is 4. The van der Waals surface area contributed by atoms with Gasteiger partial charge in [0.15, 0.2) is 0 Å². The van der Waals surface area contributed by atoms with Gasteiger partial charge in [-0.15, -0.1) is 0 Å². The Morgan fingerprint density at radius 1 is 0.500 bits per heavy atom. The van der Waals surface area contributed by atoms with Gasteiger partial charge in [-0.25, -0.2) is 0 Å². The quantitative estimate of drug-likeness (QED) is 0.237. The van der Waals surface area contributed by atoms with Crippen LogP contribution in [0.25, 0.3) is 54.0 Å². The van der Waals surface area contributed by atoms with Crippen LogP contribution in [0, 0.1) is 0 Å². The van der Waals surface area contributed by atoms with Crippen LogP contribution in [-0.4, -0.2) is 4.98 Å². The van der Waals surface area contributed by atoms with Gasteiger partial charge in [0.25, 0.3) is 0 Å². The molecule has 24 heavy (non-hydrogen) atoms. The first kappa shape index (κ1) is 12.3. The molecule has 0 amide bonds. The lowest BCUT2D eigenvalue weighted by Gasteiger charge is -2.14. The van der Waals surface area contributed by atoms with E-state index in [4.69, 9.17) is 0 Å². The topological polar surface area (TPSA) is 12.9 Å². The van der Waals surface area contributed by atoms with Crippen LogP contribution in [0.3, 0.4) is 0 Å². The van der Waals surface area contributed by atoms with Crippen molar-refractivity contribution >= 4 is 54.0 Å². The van der Waals surface area contributed by atoms with Crippen molar-refractivity contribution in [3.8, 4) is 0 Å². The molecular formula is C23H13N. The Labute approximate surface area is 138 Å². The molecule has 0 bridgehead atoms. The van der Waals surface area contributed by atoms with Crippen LogP contribution in [0.4, 0.5) is 0 Å². The molecule has 6 aromatic rings. The van der Waals surface area contributed by atoms with Crippen LogP contribution in [0.15, 0.2) is 79.0 Å². The second-order valence-electron chi connectivity index (χ2n) is 6.47. The lowest BCUT2D eigenvalue weighted by molar-refractivity contribution is 1.45. The number of rotatable bonds is 0. The van der Waals surface area contributed by atoms with E-state index < -0.39 is 0 Å². The average Bonchev–Trinajstić information content (AvgIpc) is 2.65. The molecule has 0 saturated heterocycles. The van der Waals surface area contributed by atoms with Crippen molar-refractivity contribution < 1.29 is 0 Å². The maximum Gasteiger partial charge on any atom is 0.0708 e. The number of nitrogens with zero attached hydrogens (tertiary/aromatic N) is 1. The van der Waals surface area contributed by atoms with E-state index in [1.165, 1.54) is 48.5 Å². The molecule has 0 radical (unpaired) electrons. The Morgan fingerprint density at radius 3 is 2.21 bits per heavy atom. The highest BCUT2D eigenvalue weighted by atomic mass is 14.6. The first-order chi connectivity index (χ1) is 11.9. The molecule has 0 saturated carbocycles. The summed E-state index contributed by atoms with van der Waals surface area (Å²) < 4.78 is 0. The molecule has 1 heteroatoms. The van der Waals surface area contributed by atoms with Gasteiger partial charge in [0.2, 0.25) is 0 Å². The van der Waals surface area contributed by atoms with Crippen LogP contribution in [-0.2, 0) is 0 Å². The van der Waals surface area contributed by atoms with Gasteiger partial charge in [-0.05, 0) is 44.5 Å². The van der Waals surface area contributed by atoms with Crippen LogP contribution in [0.5, 0.6) is 0 Å². The molecule has 0 aliphatic carbocycles. The Hall–Kier alpha value is -3.19. The van der Waals surface area contributed by atoms with Crippen molar-refractivity contribution in [3.05, 3.63) is 79.0 Å². The van der Waals surface area contributed by atoms with Gasteiger partial charge in [0.1, 0.15) is 0 Å². The third-order valence-corrected chi connectivity index (χ3v) is 5.19. The van der Waals surface area contributed by atoms with E-state index in [2.05, 4.69) is 77.8 Å². The minimum absolute atomic E-state index is 1.06. The van der Waals surface area contributed by atoms with E-state index >= 15 is 0 Å². The summed E-state index contributed by atoms with van der Waals surface area (Å²) in [6, 6.07) is 26.2. The SMILES string of the molecule is c1cc2ccc3cc4cnc5ccccc5c4c4ccc(c1)c2c34. The van der Waals surface area contributed by atoms with E-state index in [9.17, 15) is 0 Å². The Kier molecular flexibility index (Phi) is 2.15. The van der Waals surface area contributed by atoms with Crippen molar-refractivity contribution in [1.82, 2.24) is 4.98 Å². The lowest BCUT2D eigenvalue weighted by Crippen LogP contribution is -1.88. The molecule has 0 unspecified atom stereocenters. The van der Waals surface area contributed by atoms with Gasteiger partial charge in [-0.3, -0.25) is 4.98 Å². The summed E-state index contributed by atoms with van der Waals surface area (Å²) in [6.07, 6.45) is 2.01. The largest absolute Gasteiger partial charge is 0.256 e. The van der Waals surface area contributed by atoms with Gasteiger partial charge in [0, 0.05) is 22.4 Å². The third-order valence-electron chi connectivity index (χ3n) is 5.19. The molecular weight excluding hydrogens is 290 g/mol. The molecule has 0 aliphatic rings. The molecule has 0 aliphatic heterocycles. The number of aromatic nitrogens is 1. The molecule has 1 heterocycles. The van der Waals surface area contributed by atoms with E-state index in [0.29, 0.717) is 0 Å². The Morgan fingerprint density at radius 2 is 1.29 bits per heavy atom. The van der Waals surface area contributed by atoms with Crippen LogP contribution >= 0.6 is 0 Å². The van der Waals surface area contributed by atoms with Crippen LogP contribution in [0.1, 0.15) is 0 Å². The second-order valence-corrected chi connectivity index (χ2v) is 6.47. The third kappa shape index (κ3) is 1.42. The zero-order valence-corrected chi connectivity index (χ0v) is 13.0. The lowest BCUT2D eigenvalue weighted by atomic mass is 9.90. The molecule has 6 rings (SSSR count). The summed E-state index contributed by atoms with van der Waals surface area (Å²) in [5.74, 6) is 0. The first-order valence-corrected chi connectivity index (χ1v) is 8.24. The Balaban J connectivity index is 2.03. The number of para-hydroxylation sites is 1. The number of hydrogen-bond acceptors (Lipinski definition) is 1. The van der Waals surface area contributed by atoms with Crippen molar-refractivity contribution in [2.24, 2.45) is 0 Å². The van der Waals surface area contributed by atoms with E-state index in [-0.39, 0.29) is 0 Å². The summed E-state index contributed by atoms with van der Waals surface area (Å²) in [5, 5.41) is 11.7. The zero-order chi connectivity index (χ0) is 15.7. The second kappa shape index (κ2) is 4.21.